The molecular weight excluding hydrogens is 416 g/mol. The number of benzene rings is 3. The maximum Gasteiger partial charge on any atom is 0.294 e. The number of aryl methyl sites for hydroxylation is 4. The van der Waals surface area contributed by atoms with Gasteiger partial charge in [-0.25, -0.2) is 4.57 Å². The summed E-state index contributed by atoms with van der Waals surface area (Å²) in [4.78, 5) is 0. The SMILES string of the molecule is Cc1cc2c(cc1-c1n(-c3c(C)cccc3C)cc[n+]1C)sc1c3ccccc3sc21. The maximum absolute atomic E-state index is 2.40. The van der Waals surface area contributed by atoms with Crippen LogP contribution in [-0.4, -0.2) is 4.57 Å². The van der Waals surface area contributed by atoms with Crippen molar-refractivity contribution in [1.82, 2.24) is 4.57 Å². The summed E-state index contributed by atoms with van der Waals surface area (Å²) >= 11 is 3.84. The molecular formula is C27H23N2S2+. The van der Waals surface area contributed by atoms with E-state index in [4.69, 9.17) is 0 Å². The zero-order chi connectivity index (χ0) is 21.3. The molecule has 0 saturated carbocycles. The van der Waals surface area contributed by atoms with Crippen molar-refractivity contribution >= 4 is 52.2 Å². The molecule has 0 bridgehead atoms. The van der Waals surface area contributed by atoms with Crippen LogP contribution in [0.25, 0.3) is 46.6 Å². The normalized spacial score (nSPS) is 11.9. The van der Waals surface area contributed by atoms with Crippen molar-refractivity contribution in [2.75, 3.05) is 0 Å². The average molecular weight is 440 g/mol. The Morgan fingerprint density at radius 1 is 0.742 bits per heavy atom. The van der Waals surface area contributed by atoms with Gasteiger partial charge in [0.2, 0.25) is 0 Å². The van der Waals surface area contributed by atoms with Gasteiger partial charge in [-0.15, -0.1) is 22.7 Å². The van der Waals surface area contributed by atoms with E-state index in [0.717, 1.165) is 0 Å². The van der Waals surface area contributed by atoms with Crippen LogP contribution in [0.2, 0.25) is 0 Å². The molecule has 0 unspecified atom stereocenters. The predicted molar refractivity (Wildman–Crippen MR) is 135 cm³/mol. The molecule has 0 aliphatic carbocycles. The minimum Gasteiger partial charge on any atom is -0.232 e. The molecule has 0 aliphatic rings. The summed E-state index contributed by atoms with van der Waals surface area (Å²) in [6.45, 7) is 6.63. The van der Waals surface area contributed by atoms with Gasteiger partial charge in [0.1, 0.15) is 18.1 Å². The summed E-state index contributed by atoms with van der Waals surface area (Å²) in [5.74, 6) is 1.22. The summed E-state index contributed by atoms with van der Waals surface area (Å²) in [5.41, 5.74) is 6.46. The van der Waals surface area contributed by atoms with E-state index in [1.807, 2.05) is 22.7 Å². The van der Waals surface area contributed by atoms with Crippen LogP contribution < -0.4 is 4.57 Å². The molecule has 3 heterocycles. The topological polar surface area (TPSA) is 8.81 Å². The molecule has 0 radical (unpaired) electrons. The van der Waals surface area contributed by atoms with Gasteiger partial charge in [-0.2, -0.15) is 4.57 Å². The van der Waals surface area contributed by atoms with E-state index < -0.39 is 0 Å². The molecule has 3 aromatic carbocycles. The standard InChI is InChI=1S/C27H23N2S2/c1-16-8-7-9-17(2)24(16)29-13-12-28(4)27(29)20-15-23-21(14-18(20)3)26-25(31-23)19-10-5-6-11-22(19)30-26/h5-15H,1-4H3/q+1. The summed E-state index contributed by atoms with van der Waals surface area (Å²) in [6.07, 6.45) is 4.35. The zero-order valence-corrected chi connectivity index (χ0v) is 19.7. The highest BCUT2D eigenvalue weighted by molar-refractivity contribution is 7.36. The third-order valence-corrected chi connectivity index (χ3v) is 8.78. The molecule has 0 saturated heterocycles. The minimum atomic E-state index is 1.22. The van der Waals surface area contributed by atoms with Gasteiger partial charge in [-0.05, 0) is 55.7 Å². The molecule has 0 spiro atoms. The quantitative estimate of drug-likeness (QED) is 0.247. The van der Waals surface area contributed by atoms with Crippen molar-refractivity contribution in [2.45, 2.75) is 20.8 Å². The summed E-state index contributed by atoms with van der Waals surface area (Å²) in [5, 5.41) is 2.77. The summed E-state index contributed by atoms with van der Waals surface area (Å²) in [7, 11) is 2.14. The molecule has 0 fully saturated rings. The number of para-hydroxylation sites is 1. The third-order valence-electron chi connectivity index (χ3n) is 6.26. The molecule has 2 nitrogen and oxygen atoms in total. The van der Waals surface area contributed by atoms with Crippen molar-refractivity contribution in [3.8, 4) is 17.1 Å². The van der Waals surface area contributed by atoms with E-state index in [9.17, 15) is 0 Å². The van der Waals surface area contributed by atoms with Crippen LogP contribution in [0.15, 0.2) is 67.0 Å². The number of fused-ring (bicyclic) bond motifs is 5. The molecule has 0 atom stereocenters. The van der Waals surface area contributed by atoms with Crippen LogP contribution in [0.3, 0.4) is 0 Å². The second kappa shape index (κ2) is 6.78. The van der Waals surface area contributed by atoms with Gasteiger partial charge < -0.3 is 0 Å². The van der Waals surface area contributed by atoms with E-state index in [1.54, 1.807) is 0 Å². The molecule has 31 heavy (non-hydrogen) atoms. The van der Waals surface area contributed by atoms with Gasteiger partial charge in [-0.3, -0.25) is 0 Å². The van der Waals surface area contributed by atoms with Crippen LogP contribution in [-0.2, 0) is 7.05 Å². The third kappa shape index (κ3) is 2.72. The molecule has 3 aromatic heterocycles. The fourth-order valence-electron chi connectivity index (χ4n) is 4.76. The van der Waals surface area contributed by atoms with Crippen LogP contribution >= 0.6 is 22.7 Å². The second-order valence-corrected chi connectivity index (χ2v) is 10.5. The molecule has 152 valence electrons. The Kier molecular flexibility index (Phi) is 4.11. The Hall–Kier alpha value is -2.95. The largest absolute Gasteiger partial charge is 0.294 e. The van der Waals surface area contributed by atoms with E-state index in [-0.39, 0.29) is 0 Å². The van der Waals surface area contributed by atoms with Crippen molar-refractivity contribution in [3.63, 3.8) is 0 Å². The number of aromatic nitrogens is 2. The van der Waals surface area contributed by atoms with Gasteiger partial charge in [-0.1, -0.05) is 36.4 Å². The molecule has 0 amide bonds. The molecule has 0 N–H and O–H groups in total. The lowest BCUT2D eigenvalue weighted by atomic mass is 10.0. The minimum absolute atomic E-state index is 1.22. The van der Waals surface area contributed by atoms with Crippen molar-refractivity contribution < 1.29 is 4.57 Å². The fourth-order valence-corrected chi connectivity index (χ4v) is 7.43. The van der Waals surface area contributed by atoms with Gasteiger partial charge >= 0.3 is 0 Å². The zero-order valence-electron chi connectivity index (χ0n) is 18.1. The first-order chi connectivity index (χ1) is 15.0. The van der Waals surface area contributed by atoms with E-state index in [2.05, 4.69) is 104 Å². The molecule has 0 aliphatic heterocycles. The lowest BCUT2D eigenvalue weighted by Crippen LogP contribution is -2.29. The van der Waals surface area contributed by atoms with Crippen molar-refractivity contribution in [3.05, 3.63) is 83.7 Å². The summed E-state index contributed by atoms with van der Waals surface area (Å²) < 4.78 is 10.2. The lowest BCUT2D eigenvalue weighted by Gasteiger charge is -2.10. The number of hydrogen-bond donors (Lipinski definition) is 0. The Morgan fingerprint density at radius 3 is 2.26 bits per heavy atom. The fraction of sp³-hybridized carbons (Fsp3) is 0.148. The van der Waals surface area contributed by atoms with E-state index >= 15 is 0 Å². The molecule has 6 rings (SSSR count). The lowest BCUT2D eigenvalue weighted by molar-refractivity contribution is -0.659. The van der Waals surface area contributed by atoms with Crippen LogP contribution in [0, 0.1) is 20.8 Å². The smallest absolute Gasteiger partial charge is 0.232 e. The van der Waals surface area contributed by atoms with Gasteiger partial charge in [0.05, 0.1) is 22.0 Å². The highest BCUT2D eigenvalue weighted by atomic mass is 32.1. The maximum atomic E-state index is 2.40. The first-order valence-corrected chi connectivity index (χ1v) is 12.1. The number of nitrogens with zero attached hydrogens (tertiary/aromatic N) is 2. The number of hydrogen-bond acceptors (Lipinski definition) is 2. The van der Waals surface area contributed by atoms with Gasteiger partial charge in [0.15, 0.2) is 0 Å². The first-order valence-electron chi connectivity index (χ1n) is 10.5. The van der Waals surface area contributed by atoms with Crippen LogP contribution in [0.5, 0.6) is 0 Å². The van der Waals surface area contributed by atoms with Gasteiger partial charge in [0, 0.05) is 20.2 Å². The van der Waals surface area contributed by atoms with E-state index in [1.165, 1.54) is 63.3 Å². The number of rotatable bonds is 2. The molecule has 6 aromatic rings. The first kappa shape index (κ1) is 18.8. The Bertz CT molecular complexity index is 1610. The number of imidazole rings is 1. The monoisotopic (exact) mass is 439 g/mol. The Labute approximate surface area is 189 Å². The van der Waals surface area contributed by atoms with Gasteiger partial charge in [0.25, 0.3) is 5.82 Å². The average Bonchev–Trinajstić information content (AvgIpc) is 3.40. The van der Waals surface area contributed by atoms with Crippen LogP contribution in [0.1, 0.15) is 16.7 Å². The Morgan fingerprint density at radius 2 is 1.45 bits per heavy atom. The molecule has 4 heteroatoms. The highest BCUT2D eigenvalue weighted by Gasteiger charge is 2.24. The predicted octanol–water partition coefficient (Wildman–Crippen LogP) is 7.48. The second-order valence-electron chi connectivity index (χ2n) is 8.36. The van der Waals surface area contributed by atoms with Crippen molar-refractivity contribution in [1.29, 1.82) is 0 Å². The summed E-state index contributed by atoms with van der Waals surface area (Å²) in [6, 6.07) is 20.1. The van der Waals surface area contributed by atoms with Crippen molar-refractivity contribution in [2.24, 2.45) is 7.05 Å². The van der Waals surface area contributed by atoms with E-state index in [0.29, 0.717) is 0 Å². The van der Waals surface area contributed by atoms with Crippen LogP contribution in [0.4, 0.5) is 0 Å². The number of thiophene rings is 2. The highest BCUT2D eigenvalue weighted by Crippen LogP contribution is 2.45. The Balaban J connectivity index is 1.63.